The van der Waals surface area contributed by atoms with Gasteiger partial charge < -0.3 is 15.3 Å². The Morgan fingerprint density at radius 3 is 2.71 bits per heavy atom. The first-order valence-electron chi connectivity index (χ1n) is 6.24. The van der Waals surface area contributed by atoms with E-state index in [1.165, 1.54) is 4.90 Å². The maximum atomic E-state index is 11.9. The minimum Gasteiger partial charge on any atom is -0.480 e. The Hall–Kier alpha value is -1.26. The molecule has 2 N–H and O–H groups in total. The van der Waals surface area contributed by atoms with Gasteiger partial charge in [-0.1, -0.05) is 27.2 Å². The Morgan fingerprint density at radius 2 is 2.18 bits per heavy atom. The molecule has 1 saturated heterocycles. The SMILES string of the molecule is CCC(C)CNC(=O)N1CCC(C)C1C(=O)O. The van der Waals surface area contributed by atoms with Gasteiger partial charge in [0, 0.05) is 13.1 Å². The van der Waals surface area contributed by atoms with E-state index in [-0.39, 0.29) is 11.9 Å². The van der Waals surface area contributed by atoms with Gasteiger partial charge in [0.2, 0.25) is 0 Å². The molecule has 5 heteroatoms. The van der Waals surface area contributed by atoms with Crippen molar-refractivity contribution in [3.8, 4) is 0 Å². The molecule has 2 amide bonds. The Kier molecular flexibility index (Phi) is 4.78. The van der Waals surface area contributed by atoms with Crippen LogP contribution in [0.5, 0.6) is 0 Å². The second-order valence-electron chi connectivity index (χ2n) is 4.94. The number of nitrogens with zero attached hydrogens (tertiary/aromatic N) is 1. The average molecular weight is 242 g/mol. The summed E-state index contributed by atoms with van der Waals surface area (Å²) in [4.78, 5) is 24.4. The van der Waals surface area contributed by atoms with Gasteiger partial charge in [-0.3, -0.25) is 0 Å². The minimum absolute atomic E-state index is 0.0295. The fraction of sp³-hybridized carbons (Fsp3) is 0.833. The third-order valence-corrected chi connectivity index (χ3v) is 3.51. The van der Waals surface area contributed by atoms with Gasteiger partial charge in [-0.2, -0.15) is 0 Å². The number of hydrogen-bond acceptors (Lipinski definition) is 2. The number of carbonyl (C=O) groups is 2. The fourth-order valence-corrected chi connectivity index (χ4v) is 2.06. The van der Waals surface area contributed by atoms with Crippen molar-refractivity contribution in [2.24, 2.45) is 11.8 Å². The van der Waals surface area contributed by atoms with E-state index in [1.54, 1.807) is 0 Å². The van der Waals surface area contributed by atoms with Crippen LogP contribution >= 0.6 is 0 Å². The van der Waals surface area contributed by atoms with E-state index in [2.05, 4.69) is 19.2 Å². The summed E-state index contributed by atoms with van der Waals surface area (Å²) < 4.78 is 0. The maximum Gasteiger partial charge on any atom is 0.326 e. The molecule has 1 aliphatic rings. The Labute approximate surface area is 102 Å². The normalized spacial score (nSPS) is 25.7. The van der Waals surface area contributed by atoms with E-state index in [0.29, 0.717) is 19.0 Å². The fourth-order valence-electron chi connectivity index (χ4n) is 2.06. The van der Waals surface area contributed by atoms with E-state index in [0.717, 1.165) is 12.8 Å². The van der Waals surface area contributed by atoms with Crippen LogP contribution in [-0.2, 0) is 4.79 Å². The van der Waals surface area contributed by atoms with E-state index in [9.17, 15) is 9.59 Å². The number of carboxylic acid groups (broad SMARTS) is 1. The summed E-state index contributed by atoms with van der Waals surface area (Å²) in [5, 5.41) is 11.9. The van der Waals surface area contributed by atoms with E-state index in [1.807, 2.05) is 6.92 Å². The molecule has 0 bridgehead atoms. The third kappa shape index (κ3) is 3.35. The van der Waals surface area contributed by atoms with Crippen LogP contribution in [0.25, 0.3) is 0 Å². The second-order valence-corrected chi connectivity index (χ2v) is 4.94. The van der Waals surface area contributed by atoms with Crippen LogP contribution in [0, 0.1) is 11.8 Å². The molecule has 5 nitrogen and oxygen atoms in total. The predicted octanol–water partition coefficient (Wildman–Crippen LogP) is 1.54. The molecule has 1 rings (SSSR count). The Morgan fingerprint density at radius 1 is 1.53 bits per heavy atom. The maximum absolute atomic E-state index is 11.9. The summed E-state index contributed by atoms with van der Waals surface area (Å²) in [7, 11) is 0. The summed E-state index contributed by atoms with van der Waals surface area (Å²) in [6, 6.07) is -0.922. The number of hydrogen-bond donors (Lipinski definition) is 2. The molecule has 0 aromatic heterocycles. The molecule has 1 fully saturated rings. The highest BCUT2D eigenvalue weighted by molar-refractivity contribution is 5.83. The topological polar surface area (TPSA) is 69.6 Å². The Bertz CT molecular complexity index is 293. The van der Waals surface area contributed by atoms with Crippen molar-refractivity contribution >= 4 is 12.0 Å². The second kappa shape index (κ2) is 5.89. The number of nitrogens with one attached hydrogen (secondary N) is 1. The number of carbonyl (C=O) groups excluding carboxylic acids is 1. The minimum atomic E-state index is -0.909. The van der Waals surface area contributed by atoms with Crippen LogP contribution in [0.3, 0.4) is 0 Å². The zero-order valence-electron chi connectivity index (χ0n) is 10.8. The standard InChI is InChI=1S/C12H22N2O3/c1-4-8(2)7-13-12(17)14-6-5-9(3)10(14)11(15)16/h8-10H,4-7H2,1-3H3,(H,13,17)(H,15,16). The monoisotopic (exact) mass is 242 g/mol. The molecule has 3 unspecified atom stereocenters. The molecule has 0 saturated carbocycles. The number of aliphatic carboxylic acids is 1. The predicted molar refractivity (Wildman–Crippen MR) is 64.8 cm³/mol. The lowest BCUT2D eigenvalue weighted by Crippen LogP contribution is -2.48. The molecular weight excluding hydrogens is 220 g/mol. The molecule has 1 aliphatic heterocycles. The van der Waals surface area contributed by atoms with Crippen molar-refractivity contribution < 1.29 is 14.7 Å². The third-order valence-electron chi connectivity index (χ3n) is 3.51. The van der Waals surface area contributed by atoms with Gasteiger partial charge in [-0.25, -0.2) is 9.59 Å². The van der Waals surface area contributed by atoms with Gasteiger partial charge in [0.05, 0.1) is 0 Å². The van der Waals surface area contributed by atoms with Crippen LogP contribution in [0.4, 0.5) is 4.79 Å². The summed E-state index contributed by atoms with van der Waals surface area (Å²) in [5.41, 5.74) is 0. The first-order chi connectivity index (χ1) is 7.97. The summed E-state index contributed by atoms with van der Waals surface area (Å²) in [6.45, 7) is 7.13. The van der Waals surface area contributed by atoms with Crippen LogP contribution in [0.2, 0.25) is 0 Å². The van der Waals surface area contributed by atoms with Crippen LogP contribution in [0.1, 0.15) is 33.6 Å². The molecule has 0 spiro atoms. The highest BCUT2D eigenvalue weighted by Crippen LogP contribution is 2.23. The van der Waals surface area contributed by atoms with Gasteiger partial charge >= 0.3 is 12.0 Å². The van der Waals surface area contributed by atoms with E-state index in [4.69, 9.17) is 5.11 Å². The molecule has 0 aromatic rings. The number of carboxylic acids is 1. The van der Waals surface area contributed by atoms with Crippen molar-refractivity contribution in [3.05, 3.63) is 0 Å². The zero-order valence-corrected chi connectivity index (χ0v) is 10.8. The smallest absolute Gasteiger partial charge is 0.326 e. The lowest BCUT2D eigenvalue weighted by Gasteiger charge is -2.24. The lowest BCUT2D eigenvalue weighted by atomic mass is 10.0. The summed E-state index contributed by atoms with van der Waals surface area (Å²) in [6.07, 6.45) is 1.76. The Balaban J connectivity index is 2.54. The highest BCUT2D eigenvalue weighted by atomic mass is 16.4. The number of urea groups is 1. The van der Waals surface area contributed by atoms with Gasteiger partial charge in [0.15, 0.2) is 0 Å². The molecule has 3 atom stereocenters. The number of rotatable bonds is 4. The molecule has 1 heterocycles. The van der Waals surface area contributed by atoms with Crippen LogP contribution < -0.4 is 5.32 Å². The molecule has 98 valence electrons. The number of amides is 2. The van der Waals surface area contributed by atoms with Crippen molar-refractivity contribution in [2.75, 3.05) is 13.1 Å². The lowest BCUT2D eigenvalue weighted by molar-refractivity contribution is -0.142. The molecule has 0 aromatic carbocycles. The van der Waals surface area contributed by atoms with Crippen molar-refractivity contribution in [1.82, 2.24) is 10.2 Å². The highest BCUT2D eigenvalue weighted by Gasteiger charge is 2.39. The quantitative estimate of drug-likeness (QED) is 0.785. The largest absolute Gasteiger partial charge is 0.480 e. The zero-order chi connectivity index (χ0) is 13.0. The van der Waals surface area contributed by atoms with Crippen molar-refractivity contribution in [3.63, 3.8) is 0 Å². The average Bonchev–Trinajstić information content (AvgIpc) is 2.67. The van der Waals surface area contributed by atoms with Crippen molar-refractivity contribution in [1.29, 1.82) is 0 Å². The first kappa shape index (κ1) is 13.8. The van der Waals surface area contributed by atoms with Gasteiger partial charge in [0.1, 0.15) is 6.04 Å². The van der Waals surface area contributed by atoms with Gasteiger partial charge in [-0.15, -0.1) is 0 Å². The molecule has 17 heavy (non-hydrogen) atoms. The van der Waals surface area contributed by atoms with Crippen LogP contribution in [-0.4, -0.2) is 41.1 Å². The van der Waals surface area contributed by atoms with E-state index < -0.39 is 12.0 Å². The molecular formula is C12H22N2O3. The summed E-state index contributed by atoms with van der Waals surface area (Å²) in [5.74, 6) is -0.460. The van der Waals surface area contributed by atoms with Gasteiger partial charge in [0.25, 0.3) is 0 Å². The molecule has 0 radical (unpaired) electrons. The summed E-state index contributed by atoms with van der Waals surface area (Å²) >= 11 is 0. The molecule has 0 aliphatic carbocycles. The first-order valence-corrected chi connectivity index (χ1v) is 6.24. The van der Waals surface area contributed by atoms with Crippen molar-refractivity contribution in [2.45, 2.75) is 39.7 Å². The van der Waals surface area contributed by atoms with E-state index >= 15 is 0 Å². The van der Waals surface area contributed by atoms with Crippen LogP contribution in [0.15, 0.2) is 0 Å². The number of likely N-dealkylation sites (tertiary alicyclic amines) is 1. The van der Waals surface area contributed by atoms with Gasteiger partial charge in [-0.05, 0) is 18.3 Å².